The van der Waals surface area contributed by atoms with E-state index in [1.807, 2.05) is 0 Å². The second-order valence-corrected chi connectivity index (χ2v) is 6.85. The van der Waals surface area contributed by atoms with Gasteiger partial charge in [-0.25, -0.2) is 0 Å². The van der Waals surface area contributed by atoms with Crippen LogP contribution in [0.5, 0.6) is 0 Å². The molecule has 3 aromatic rings. The summed E-state index contributed by atoms with van der Waals surface area (Å²) in [4.78, 5) is 14.2. The van der Waals surface area contributed by atoms with Crippen LogP contribution in [0.1, 0.15) is 34.7 Å². The summed E-state index contributed by atoms with van der Waals surface area (Å²) in [6.07, 6.45) is 8.50. The number of nitrogens with one attached hydrogen (secondary N) is 2. The normalized spacial score (nSPS) is 16.4. The highest BCUT2D eigenvalue weighted by molar-refractivity contribution is 5.90. The van der Waals surface area contributed by atoms with Gasteiger partial charge in [0.15, 0.2) is 0 Å². The van der Waals surface area contributed by atoms with E-state index in [1.54, 1.807) is 6.08 Å². The minimum atomic E-state index is -0.415. The summed E-state index contributed by atoms with van der Waals surface area (Å²) in [5.74, 6) is -0.415. The van der Waals surface area contributed by atoms with Crippen molar-refractivity contribution < 1.29 is 4.79 Å². The van der Waals surface area contributed by atoms with Crippen LogP contribution in [-0.2, 0) is 17.6 Å². The van der Waals surface area contributed by atoms with Gasteiger partial charge in [-0.3, -0.25) is 4.79 Å². The highest BCUT2D eigenvalue weighted by Crippen LogP contribution is 2.32. The largest absolute Gasteiger partial charge is 0.366 e. The fourth-order valence-corrected chi connectivity index (χ4v) is 3.85. The van der Waals surface area contributed by atoms with Crippen molar-refractivity contribution in [2.75, 3.05) is 6.54 Å². The van der Waals surface area contributed by atoms with Gasteiger partial charge in [0.1, 0.15) is 0 Å². The Hall–Kier alpha value is -2.85. The van der Waals surface area contributed by atoms with Crippen molar-refractivity contribution in [3.8, 4) is 0 Å². The molecular formula is C22H23N3O. The van der Waals surface area contributed by atoms with Crippen LogP contribution in [0.2, 0.25) is 0 Å². The number of H-pyrrole nitrogens is 1. The van der Waals surface area contributed by atoms with Gasteiger partial charge in [-0.15, -0.1) is 0 Å². The summed E-state index contributed by atoms with van der Waals surface area (Å²) in [5.41, 5.74) is 11.5. The number of aromatic nitrogens is 1. The van der Waals surface area contributed by atoms with E-state index in [4.69, 9.17) is 5.73 Å². The molecule has 26 heavy (non-hydrogen) atoms. The maximum atomic E-state index is 10.9. The van der Waals surface area contributed by atoms with Gasteiger partial charge in [-0.1, -0.05) is 36.4 Å². The van der Waals surface area contributed by atoms with E-state index in [0.29, 0.717) is 6.04 Å². The number of benzene rings is 2. The molecule has 1 aliphatic rings. The molecule has 4 N–H and O–H groups in total. The second-order valence-electron chi connectivity index (χ2n) is 6.85. The van der Waals surface area contributed by atoms with Crippen LogP contribution in [0.15, 0.2) is 54.7 Å². The molecule has 0 saturated heterocycles. The van der Waals surface area contributed by atoms with Crippen LogP contribution in [0.4, 0.5) is 0 Å². The molecule has 1 aliphatic carbocycles. The molecule has 4 heteroatoms. The Morgan fingerprint density at radius 2 is 2.15 bits per heavy atom. The van der Waals surface area contributed by atoms with E-state index in [9.17, 15) is 4.79 Å². The zero-order valence-electron chi connectivity index (χ0n) is 14.7. The van der Waals surface area contributed by atoms with Gasteiger partial charge in [-0.05, 0) is 60.2 Å². The molecule has 1 aromatic heterocycles. The SMILES string of the molecule is NC(=O)/C=C/c1ccc2c(c1)CCC2NCCc1c[nH]c2ccccc12. The van der Waals surface area contributed by atoms with Crippen LogP contribution in [-0.4, -0.2) is 17.4 Å². The summed E-state index contributed by atoms with van der Waals surface area (Å²) in [6, 6.07) is 15.2. The lowest BCUT2D eigenvalue weighted by Gasteiger charge is -2.14. The minimum absolute atomic E-state index is 0.407. The summed E-state index contributed by atoms with van der Waals surface area (Å²) < 4.78 is 0. The number of carbonyl (C=O) groups excluding carboxylic acids is 1. The van der Waals surface area contributed by atoms with Gasteiger partial charge in [0.25, 0.3) is 0 Å². The van der Waals surface area contributed by atoms with Crippen molar-refractivity contribution in [2.24, 2.45) is 5.73 Å². The molecule has 1 amide bonds. The lowest BCUT2D eigenvalue weighted by atomic mass is 10.0. The number of nitrogens with two attached hydrogens (primary N) is 1. The average molecular weight is 345 g/mol. The molecule has 4 nitrogen and oxygen atoms in total. The number of para-hydroxylation sites is 1. The summed E-state index contributed by atoms with van der Waals surface area (Å²) >= 11 is 0. The topological polar surface area (TPSA) is 70.9 Å². The fourth-order valence-electron chi connectivity index (χ4n) is 3.85. The van der Waals surface area contributed by atoms with Gasteiger partial charge in [0.2, 0.25) is 5.91 Å². The third-order valence-electron chi connectivity index (χ3n) is 5.14. The Labute approximate surface area is 153 Å². The summed E-state index contributed by atoms with van der Waals surface area (Å²) in [5, 5.41) is 5.02. The van der Waals surface area contributed by atoms with Gasteiger partial charge in [0.05, 0.1) is 0 Å². The third-order valence-corrected chi connectivity index (χ3v) is 5.14. The first-order valence-corrected chi connectivity index (χ1v) is 9.09. The monoisotopic (exact) mass is 345 g/mol. The molecule has 132 valence electrons. The molecule has 4 rings (SSSR count). The molecule has 2 aromatic carbocycles. The van der Waals surface area contributed by atoms with Gasteiger partial charge in [0, 0.05) is 29.2 Å². The first-order chi connectivity index (χ1) is 12.7. The molecule has 0 aliphatic heterocycles. The van der Waals surface area contributed by atoms with Crippen molar-refractivity contribution in [1.29, 1.82) is 0 Å². The number of carbonyl (C=O) groups is 1. The van der Waals surface area contributed by atoms with E-state index < -0.39 is 5.91 Å². The number of fused-ring (bicyclic) bond motifs is 2. The van der Waals surface area contributed by atoms with Crippen molar-refractivity contribution in [3.05, 3.63) is 77.0 Å². The minimum Gasteiger partial charge on any atom is -0.366 e. The first kappa shape index (κ1) is 16.6. The molecule has 0 spiro atoms. The Morgan fingerprint density at radius 3 is 3.04 bits per heavy atom. The first-order valence-electron chi connectivity index (χ1n) is 9.09. The lowest BCUT2D eigenvalue weighted by molar-refractivity contribution is -0.113. The molecule has 0 bridgehead atoms. The highest BCUT2D eigenvalue weighted by Gasteiger charge is 2.21. The van der Waals surface area contributed by atoms with Crippen LogP contribution in [0.3, 0.4) is 0 Å². The van der Waals surface area contributed by atoms with E-state index in [0.717, 1.165) is 31.4 Å². The highest BCUT2D eigenvalue weighted by atomic mass is 16.1. The maximum absolute atomic E-state index is 10.9. The van der Waals surface area contributed by atoms with Crippen LogP contribution >= 0.6 is 0 Å². The number of aromatic amines is 1. The molecular weight excluding hydrogens is 322 g/mol. The molecule has 0 fully saturated rings. The van der Waals surface area contributed by atoms with Crippen LogP contribution in [0.25, 0.3) is 17.0 Å². The molecule has 1 atom stereocenters. The van der Waals surface area contributed by atoms with Crippen LogP contribution in [0, 0.1) is 0 Å². The number of hydrogen-bond acceptors (Lipinski definition) is 2. The summed E-state index contributed by atoms with van der Waals surface area (Å²) in [7, 11) is 0. The van der Waals surface area contributed by atoms with Crippen molar-refractivity contribution in [1.82, 2.24) is 10.3 Å². The fraction of sp³-hybridized carbons (Fsp3) is 0.227. The quantitative estimate of drug-likeness (QED) is 0.599. The standard InChI is InChI=1S/C22H23N3O/c23-22(26)10-6-15-5-8-19-16(13-15)7-9-21(19)24-12-11-17-14-25-20-4-2-1-3-18(17)20/h1-6,8,10,13-14,21,24-25H,7,9,11-12H2,(H2,23,26)/b10-6+. The Balaban J connectivity index is 1.39. The molecule has 1 unspecified atom stereocenters. The van der Waals surface area contributed by atoms with E-state index in [-0.39, 0.29) is 0 Å². The zero-order valence-corrected chi connectivity index (χ0v) is 14.7. The van der Waals surface area contributed by atoms with Crippen LogP contribution < -0.4 is 11.1 Å². The number of aryl methyl sites for hydroxylation is 1. The Bertz CT molecular complexity index is 970. The molecule has 1 heterocycles. The van der Waals surface area contributed by atoms with Crippen molar-refractivity contribution in [2.45, 2.75) is 25.3 Å². The second kappa shape index (κ2) is 7.18. The number of amides is 1. The number of rotatable bonds is 6. The summed E-state index contributed by atoms with van der Waals surface area (Å²) in [6.45, 7) is 0.954. The number of hydrogen-bond donors (Lipinski definition) is 3. The average Bonchev–Trinajstić information content (AvgIpc) is 3.24. The van der Waals surface area contributed by atoms with Gasteiger partial charge in [-0.2, -0.15) is 0 Å². The lowest BCUT2D eigenvalue weighted by Crippen LogP contribution is -2.21. The Kier molecular flexibility index (Phi) is 4.59. The molecule has 0 radical (unpaired) electrons. The van der Waals surface area contributed by atoms with Gasteiger partial charge >= 0.3 is 0 Å². The van der Waals surface area contributed by atoms with E-state index >= 15 is 0 Å². The number of primary amides is 1. The van der Waals surface area contributed by atoms with Gasteiger partial charge < -0.3 is 16.0 Å². The molecule has 0 saturated carbocycles. The third kappa shape index (κ3) is 3.41. The Morgan fingerprint density at radius 1 is 1.27 bits per heavy atom. The van der Waals surface area contributed by atoms with E-state index in [2.05, 4.69) is 59.0 Å². The van der Waals surface area contributed by atoms with Crippen molar-refractivity contribution in [3.63, 3.8) is 0 Å². The predicted molar refractivity (Wildman–Crippen MR) is 106 cm³/mol. The van der Waals surface area contributed by atoms with E-state index in [1.165, 1.54) is 33.7 Å². The maximum Gasteiger partial charge on any atom is 0.241 e. The zero-order chi connectivity index (χ0) is 17.9. The smallest absolute Gasteiger partial charge is 0.241 e. The predicted octanol–water partition coefficient (Wildman–Crippen LogP) is 3.49. The van der Waals surface area contributed by atoms with Crippen molar-refractivity contribution >= 4 is 22.9 Å².